The Balaban J connectivity index is 1.57. The maximum absolute atomic E-state index is 4.55. The summed E-state index contributed by atoms with van der Waals surface area (Å²) >= 11 is 0. The topological polar surface area (TPSA) is 33.1 Å². The van der Waals surface area contributed by atoms with Crippen molar-refractivity contribution < 1.29 is 0 Å². The lowest BCUT2D eigenvalue weighted by Crippen LogP contribution is -2.41. The van der Waals surface area contributed by atoms with E-state index in [0.29, 0.717) is 5.92 Å². The van der Waals surface area contributed by atoms with Gasteiger partial charge in [-0.15, -0.1) is 0 Å². The lowest BCUT2D eigenvalue weighted by atomic mass is 9.93. The van der Waals surface area contributed by atoms with Gasteiger partial charge in [0.25, 0.3) is 0 Å². The monoisotopic (exact) mass is 262 g/mol. The van der Waals surface area contributed by atoms with Crippen LogP contribution in [-0.4, -0.2) is 47.2 Å². The average molecular weight is 262 g/mol. The minimum absolute atomic E-state index is 0.635. The fourth-order valence-corrected chi connectivity index (χ4v) is 3.63. The summed E-state index contributed by atoms with van der Waals surface area (Å²) in [6.07, 6.45) is 9.32. The molecule has 2 aliphatic rings. The number of imidazole rings is 1. The number of piperidine rings is 2. The van der Waals surface area contributed by atoms with Crippen molar-refractivity contribution in [3.05, 3.63) is 18.2 Å². The molecule has 0 spiro atoms. The lowest BCUT2D eigenvalue weighted by Gasteiger charge is -2.35. The fraction of sp³-hybridized carbons (Fsp3) is 0.800. The molecule has 0 saturated carbocycles. The number of rotatable bonds is 3. The second-order valence-corrected chi connectivity index (χ2v) is 6.19. The molecule has 4 heteroatoms. The Morgan fingerprint density at radius 2 is 2.16 bits per heavy atom. The minimum atomic E-state index is 0.635. The number of nitrogens with one attached hydrogen (secondary N) is 1. The molecular formula is C15H26N4. The van der Waals surface area contributed by atoms with Crippen molar-refractivity contribution >= 4 is 0 Å². The molecule has 0 radical (unpaired) electrons. The number of aryl methyl sites for hydroxylation is 1. The Bertz CT molecular complexity index is 395. The van der Waals surface area contributed by atoms with Crippen molar-refractivity contribution in [3.8, 4) is 0 Å². The first kappa shape index (κ1) is 13.1. The van der Waals surface area contributed by atoms with Gasteiger partial charge in [-0.3, -0.25) is 0 Å². The summed E-state index contributed by atoms with van der Waals surface area (Å²) in [5.74, 6) is 2.81. The number of likely N-dealkylation sites (tertiary alicyclic amines) is 1. The maximum atomic E-state index is 4.55. The maximum Gasteiger partial charge on any atom is 0.112 e. The van der Waals surface area contributed by atoms with Crippen LogP contribution in [0.1, 0.15) is 37.4 Å². The molecule has 0 aliphatic carbocycles. The van der Waals surface area contributed by atoms with Gasteiger partial charge in [-0.1, -0.05) is 0 Å². The van der Waals surface area contributed by atoms with Crippen LogP contribution in [-0.2, 0) is 7.05 Å². The van der Waals surface area contributed by atoms with Gasteiger partial charge in [-0.25, -0.2) is 4.98 Å². The Hall–Kier alpha value is -0.870. The van der Waals surface area contributed by atoms with Crippen LogP contribution >= 0.6 is 0 Å². The molecule has 0 bridgehead atoms. The molecule has 1 atom stereocenters. The Morgan fingerprint density at radius 1 is 1.32 bits per heavy atom. The molecule has 1 unspecified atom stereocenters. The Morgan fingerprint density at radius 3 is 2.89 bits per heavy atom. The molecular weight excluding hydrogens is 236 g/mol. The number of hydrogen-bond acceptors (Lipinski definition) is 3. The van der Waals surface area contributed by atoms with Gasteiger partial charge >= 0.3 is 0 Å². The third-order valence-electron chi connectivity index (χ3n) is 4.70. The van der Waals surface area contributed by atoms with Crippen LogP contribution in [0.15, 0.2) is 12.4 Å². The highest BCUT2D eigenvalue weighted by atomic mass is 15.1. The zero-order valence-electron chi connectivity index (χ0n) is 12.0. The minimum Gasteiger partial charge on any atom is -0.338 e. The standard InChI is InChI=1S/C15H26N4/c1-18-10-8-17-15(18)14-3-2-9-19(12-14)11-13-4-6-16-7-5-13/h8,10,13-14,16H,2-7,9,11-12H2,1H3. The van der Waals surface area contributed by atoms with Crippen molar-refractivity contribution in [1.29, 1.82) is 0 Å². The van der Waals surface area contributed by atoms with Crippen LogP contribution in [0.2, 0.25) is 0 Å². The normalized spacial score (nSPS) is 26.7. The number of aromatic nitrogens is 2. The summed E-state index contributed by atoms with van der Waals surface area (Å²) in [5.41, 5.74) is 0. The van der Waals surface area contributed by atoms with Gasteiger partial charge < -0.3 is 14.8 Å². The zero-order chi connectivity index (χ0) is 13.1. The third kappa shape index (κ3) is 3.18. The van der Waals surface area contributed by atoms with Crippen LogP contribution in [0.4, 0.5) is 0 Å². The molecule has 1 aromatic heterocycles. The van der Waals surface area contributed by atoms with E-state index >= 15 is 0 Å². The fourth-order valence-electron chi connectivity index (χ4n) is 3.63. The average Bonchev–Trinajstić information content (AvgIpc) is 2.86. The van der Waals surface area contributed by atoms with E-state index in [2.05, 4.69) is 33.0 Å². The van der Waals surface area contributed by atoms with E-state index < -0.39 is 0 Å². The predicted octanol–water partition coefficient (Wildman–Crippen LogP) is 1.60. The highest BCUT2D eigenvalue weighted by Gasteiger charge is 2.26. The van der Waals surface area contributed by atoms with Crippen molar-refractivity contribution in [2.24, 2.45) is 13.0 Å². The molecule has 106 valence electrons. The van der Waals surface area contributed by atoms with Gasteiger partial charge in [-0.2, -0.15) is 0 Å². The van der Waals surface area contributed by atoms with Crippen LogP contribution in [0, 0.1) is 5.92 Å². The van der Waals surface area contributed by atoms with E-state index in [4.69, 9.17) is 0 Å². The quantitative estimate of drug-likeness (QED) is 0.898. The largest absolute Gasteiger partial charge is 0.338 e. The summed E-state index contributed by atoms with van der Waals surface area (Å²) in [7, 11) is 2.12. The predicted molar refractivity (Wildman–Crippen MR) is 77.2 cm³/mol. The molecule has 0 amide bonds. The first-order valence-electron chi connectivity index (χ1n) is 7.73. The molecule has 0 aromatic carbocycles. The highest BCUT2D eigenvalue weighted by Crippen LogP contribution is 2.26. The van der Waals surface area contributed by atoms with Crippen LogP contribution in [0.3, 0.4) is 0 Å². The van der Waals surface area contributed by atoms with Gasteiger partial charge in [0, 0.05) is 38.4 Å². The van der Waals surface area contributed by atoms with E-state index in [1.54, 1.807) is 0 Å². The summed E-state index contributed by atoms with van der Waals surface area (Å²) in [5, 5.41) is 3.46. The zero-order valence-corrected chi connectivity index (χ0v) is 12.0. The van der Waals surface area contributed by atoms with E-state index in [0.717, 1.165) is 5.92 Å². The summed E-state index contributed by atoms with van der Waals surface area (Å²) in [6.45, 7) is 6.20. The summed E-state index contributed by atoms with van der Waals surface area (Å²) in [4.78, 5) is 7.23. The second-order valence-electron chi connectivity index (χ2n) is 6.19. The van der Waals surface area contributed by atoms with Crippen molar-refractivity contribution in [2.45, 2.75) is 31.6 Å². The van der Waals surface area contributed by atoms with Crippen LogP contribution in [0.25, 0.3) is 0 Å². The molecule has 1 N–H and O–H groups in total. The van der Waals surface area contributed by atoms with E-state index in [9.17, 15) is 0 Å². The smallest absolute Gasteiger partial charge is 0.112 e. The van der Waals surface area contributed by atoms with Gasteiger partial charge in [-0.05, 0) is 51.2 Å². The third-order valence-corrected chi connectivity index (χ3v) is 4.70. The van der Waals surface area contributed by atoms with Crippen molar-refractivity contribution in [2.75, 3.05) is 32.7 Å². The van der Waals surface area contributed by atoms with E-state index in [1.165, 1.54) is 64.2 Å². The van der Waals surface area contributed by atoms with Gasteiger partial charge in [0.15, 0.2) is 0 Å². The van der Waals surface area contributed by atoms with Gasteiger partial charge in [0.05, 0.1) is 0 Å². The van der Waals surface area contributed by atoms with Crippen molar-refractivity contribution in [3.63, 3.8) is 0 Å². The molecule has 1 aromatic rings. The molecule has 2 fully saturated rings. The van der Waals surface area contributed by atoms with Crippen LogP contribution in [0.5, 0.6) is 0 Å². The SMILES string of the molecule is Cn1ccnc1C1CCCN(CC2CCNCC2)C1. The Kier molecular flexibility index (Phi) is 4.18. The molecule has 3 heterocycles. The summed E-state index contributed by atoms with van der Waals surface area (Å²) < 4.78 is 2.19. The van der Waals surface area contributed by atoms with E-state index in [1.807, 2.05) is 6.20 Å². The van der Waals surface area contributed by atoms with Gasteiger partial charge in [0.2, 0.25) is 0 Å². The second kappa shape index (κ2) is 6.06. The van der Waals surface area contributed by atoms with Crippen molar-refractivity contribution in [1.82, 2.24) is 19.8 Å². The highest BCUT2D eigenvalue weighted by molar-refractivity contribution is 5.02. The molecule has 4 nitrogen and oxygen atoms in total. The first-order chi connectivity index (χ1) is 9.33. The number of nitrogens with zero attached hydrogens (tertiary/aromatic N) is 3. The molecule has 2 aliphatic heterocycles. The summed E-state index contributed by atoms with van der Waals surface area (Å²) in [6, 6.07) is 0. The lowest BCUT2D eigenvalue weighted by molar-refractivity contribution is 0.160. The molecule has 19 heavy (non-hydrogen) atoms. The molecule has 3 rings (SSSR count). The first-order valence-corrected chi connectivity index (χ1v) is 7.73. The van der Waals surface area contributed by atoms with Gasteiger partial charge in [0.1, 0.15) is 5.82 Å². The number of hydrogen-bond donors (Lipinski definition) is 1. The Labute approximate surface area is 116 Å². The molecule has 2 saturated heterocycles. The van der Waals surface area contributed by atoms with Crippen LogP contribution < -0.4 is 5.32 Å². The van der Waals surface area contributed by atoms with E-state index in [-0.39, 0.29) is 0 Å².